The predicted molar refractivity (Wildman–Crippen MR) is 66.8 cm³/mol. The quantitative estimate of drug-likeness (QED) is 0.788. The van der Waals surface area contributed by atoms with Crippen molar-refractivity contribution >= 4 is 0 Å². The van der Waals surface area contributed by atoms with Crippen LogP contribution in [0.4, 0.5) is 0 Å². The van der Waals surface area contributed by atoms with Gasteiger partial charge in [0, 0.05) is 38.8 Å². The molecule has 0 aromatic heterocycles. The largest absolute Gasteiger partial charge is 0.380 e. The lowest BCUT2D eigenvalue weighted by atomic mass is 9.95. The van der Waals surface area contributed by atoms with E-state index in [1.807, 2.05) is 0 Å². The molecule has 16 heavy (non-hydrogen) atoms. The smallest absolute Gasteiger partial charge is 0.0593 e. The molecule has 1 aliphatic heterocycles. The Morgan fingerprint density at radius 3 is 2.75 bits per heavy atom. The first-order valence-electron chi connectivity index (χ1n) is 6.98. The summed E-state index contributed by atoms with van der Waals surface area (Å²) in [5.41, 5.74) is 0. The molecule has 0 unspecified atom stereocenters. The van der Waals surface area contributed by atoms with E-state index in [1.54, 1.807) is 0 Å². The molecule has 2 fully saturated rings. The van der Waals surface area contributed by atoms with Crippen LogP contribution in [0.5, 0.6) is 0 Å². The highest BCUT2D eigenvalue weighted by atomic mass is 16.5. The molecule has 0 amide bonds. The maximum Gasteiger partial charge on any atom is 0.0593 e. The zero-order valence-electron chi connectivity index (χ0n) is 10.4. The Balaban J connectivity index is 1.55. The minimum Gasteiger partial charge on any atom is -0.380 e. The van der Waals surface area contributed by atoms with E-state index in [0.717, 1.165) is 32.3 Å². The third-order valence-corrected chi connectivity index (χ3v) is 3.78. The third kappa shape index (κ3) is 4.40. The van der Waals surface area contributed by atoms with Gasteiger partial charge in [0.1, 0.15) is 0 Å². The number of rotatable bonds is 4. The van der Waals surface area contributed by atoms with Gasteiger partial charge < -0.3 is 10.1 Å². The molecule has 0 aromatic rings. The van der Waals surface area contributed by atoms with Gasteiger partial charge in [-0.1, -0.05) is 19.3 Å². The summed E-state index contributed by atoms with van der Waals surface area (Å²) in [6, 6.07) is 0.803. The van der Waals surface area contributed by atoms with Crippen LogP contribution in [0.25, 0.3) is 0 Å². The predicted octanol–water partition coefficient (Wildman–Crippen LogP) is 1.63. The minimum atomic E-state index is 0.803. The van der Waals surface area contributed by atoms with E-state index in [-0.39, 0.29) is 0 Å². The summed E-state index contributed by atoms with van der Waals surface area (Å²) in [7, 11) is 0. The van der Waals surface area contributed by atoms with Crippen molar-refractivity contribution in [3.05, 3.63) is 0 Å². The first-order chi connectivity index (χ1) is 7.95. The molecule has 0 spiro atoms. The van der Waals surface area contributed by atoms with Gasteiger partial charge in [-0.05, 0) is 19.3 Å². The lowest BCUT2D eigenvalue weighted by molar-refractivity contribution is 0.141. The molecule has 2 aliphatic rings. The molecule has 1 aliphatic carbocycles. The second kappa shape index (κ2) is 7.25. The van der Waals surface area contributed by atoms with E-state index in [2.05, 4.69) is 10.2 Å². The zero-order chi connectivity index (χ0) is 11.1. The highest BCUT2D eigenvalue weighted by molar-refractivity contribution is 4.72. The molecule has 1 saturated carbocycles. The molecule has 0 bridgehead atoms. The van der Waals surface area contributed by atoms with Crippen molar-refractivity contribution < 1.29 is 4.74 Å². The van der Waals surface area contributed by atoms with Crippen LogP contribution in [0.3, 0.4) is 0 Å². The second-order valence-electron chi connectivity index (χ2n) is 5.10. The summed E-state index contributed by atoms with van der Waals surface area (Å²) in [6.07, 6.45) is 8.28. The van der Waals surface area contributed by atoms with Gasteiger partial charge in [-0.15, -0.1) is 0 Å². The SMILES string of the molecule is C1CCC(NCCN2CCCOCC2)CC1. The molecule has 1 N–H and O–H groups in total. The Labute approximate surface area is 99.5 Å². The molecule has 1 heterocycles. The number of hydrogen-bond acceptors (Lipinski definition) is 3. The molecular weight excluding hydrogens is 200 g/mol. The highest BCUT2D eigenvalue weighted by Gasteiger charge is 2.13. The molecule has 2 rings (SSSR count). The van der Waals surface area contributed by atoms with Gasteiger partial charge in [-0.25, -0.2) is 0 Å². The molecule has 94 valence electrons. The molecule has 3 heteroatoms. The highest BCUT2D eigenvalue weighted by Crippen LogP contribution is 2.17. The Kier molecular flexibility index (Phi) is 5.59. The lowest BCUT2D eigenvalue weighted by Crippen LogP contribution is -2.38. The summed E-state index contributed by atoms with van der Waals surface area (Å²) in [4.78, 5) is 2.53. The van der Waals surface area contributed by atoms with E-state index in [1.165, 1.54) is 51.6 Å². The maximum atomic E-state index is 5.46. The van der Waals surface area contributed by atoms with Gasteiger partial charge >= 0.3 is 0 Å². The molecule has 0 aromatic carbocycles. The fourth-order valence-corrected chi connectivity index (χ4v) is 2.75. The molecular formula is C13H26N2O. The maximum absolute atomic E-state index is 5.46. The minimum absolute atomic E-state index is 0.803. The summed E-state index contributed by atoms with van der Waals surface area (Å²) >= 11 is 0. The van der Waals surface area contributed by atoms with Gasteiger partial charge in [-0.3, -0.25) is 4.90 Å². The van der Waals surface area contributed by atoms with Crippen molar-refractivity contribution in [1.29, 1.82) is 0 Å². The van der Waals surface area contributed by atoms with Crippen LogP contribution < -0.4 is 5.32 Å². The summed E-state index contributed by atoms with van der Waals surface area (Å²) < 4.78 is 5.46. The van der Waals surface area contributed by atoms with E-state index >= 15 is 0 Å². The fourth-order valence-electron chi connectivity index (χ4n) is 2.75. The number of ether oxygens (including phenoxy) is 1. The number of nitrogens with zero attached hydrogens (tertiary/aromatic N) is 1. The van der Waals surface area contributed by atoms with Crippen molar-refractivity contribution in [1.82, 2.24) is 10.2 Å². The summed E-state index contributed by atoms with van der Waals surface area (Å²) in [5.74, 6) is 0. The zero-order valence-corrected chi connectivity index (χ0v) is 10.4. The molecule has 3 nitrogen and oxygen atoms in total. The lowest BCUT2D eigenvalue weighted by Gasteiger charge is -2.25. The normalized spacial score (nSPS) is 25.5. The third-order valence-electron chi connectivity index (χ3n) is 3.78. The molecule has 0 radical (unpaired) electrons. The Morgan fingerprint density at radius 1 is 1.00 bits per heavy atom. The average Bonchev–Trinajstić information content (AvgIpc) is 2.59. The van der Waals surface area contributed by atoms with Crippen LogP contribution in [-0.4, -0.2) is 50.3 Å². The van der Waals surface area contributed by atoms with Crippen LogP contribution in [-0.2, 0) is 4.74 Å². The van der Waals surface area contributed by atoms with Crippen LogP contribution >= 0.6 is 0 Å². The van der Waals surface area contributed by atoms with E-state index in [0.29, 0.717) is 0 Å². The Bertz CT molecular complexity index is 173. The Morgan fingerprint density at radius 2 is 1.88 bits per heavy atom. The molecule has 1 saturated heterocycles. The van der Waals surface area contributed by atoms with Crippen molar-refractivity contribution in [2.75, 3.05) is 39.4 Å². The summed E-state index contributed by atoms with van der Waals surface area (Å²) in [5, 5.41) is 3.71. The van der Waals surface area contributed by atoms with Gasteiger partial charge in [0.25, 0.3) is 0 Å². The second-order valence-corrected chi connectivity index (χ2v) is 5.10. The van der Waals surface area contributed by atoms with E-state index in [4.69, 9.17) is 4.74 Å². The van der Waals surface area contributed by atoms with Gasteiger partial charge in [0.05, 0.1) is 6.61 Å². The number of nitrogens with one attached hydrogen (secondary N) is 1. The topological polar surface area (TPSA) is 24.5 Å². The standard InChI is InChI=1S/C13H26N2O/c1-2-5-13(6-3-1)14-7-9-15-8-4-11-16-12-10-15/h13-14H,1-12H2. The van der Waals surface area contributed by atoms with Crippen molar-refractivity contribution in [2.24, 2.45) is 0 Å². The van der Waals surface area contributed by atoms with E-state index in [9.17, 15) is 0 Å². The van der Waals surface area contributed by atoms with Crippen LogP contribution in [0.2, 0.25) is 0 Å². The van der Waals surface area contributed by atoms with Crippen molar-refractivity contribution in [3.63, 3.8) is 0 Å². The number of hydrogen-bond donors (Lipinski definition) is 1. The fraction of sp³-hybridized carbons (Fsp3) is 1.00. The first-order valence-corrected chi connectivity index (χ1v) is 6.98. The van der Waals surface area contributed by atoms with Gasteiger partial charge in [0.15, 0.2) is 0 Å². The summed E-state index contributed by atoms with van der Waals surface area (Å²) in [6.45, 7) is 6.55. The first kappa shape index (κ1) is 12.3. The van der Waals surface area contributed by atoms with Crippen molar-refractivity contribution in [2.45, 2.75) is 44.6 Å². The molecule has 0 atom stereocenters. The van der Waals surface area contributed by atoms with Gasteiger partial charge in [0.2, 0.25) is 0 Å². The van der Waals surface area contributed by atoms with Gasteiger partial charge in [-0.2, -0.15) is 0 Å². The Hall–Kier alpha value is -0.120. The van der Waals surface area contributed by atoms with Crippen LogP contribution in [0.15, 0.2) is 0 Å². The van der Waals surface area contributed by atoms with Crippen molar-refractivity contribution in [3.8, 4) is 0 Å². The van der Waals surface area contributed by atoms with E-state index < -0.39 is 0 Å². The average molecular weight is 226 g/mol. The van der Waals surface area contributed by atoms with Crippen LogP contribution in [0, 0.1) is 0 Å². The van der Waals surface area contributed by atoms with Crippen LogP contribution in [0.1, 0.15) is 38.5 Å². The monoisotopic (exact) mass is 226 g/mol.